The highest BCUT2D eigenvalue weighted by Gasteiger charge is 2.36. The average Bonchev–Trinajstić information content (AvgIpc) is 3.02. The molecule has 5 N–H and O–H groups in total. The molecule has 0 saturated heterocycles. The summed E-state index contributed by atoms with van der Waals surface area (Å²) in [6, 6.07) is 13.4. The molecule has 0 aliphatic heterocycles. The fourth-order valence-corrected chi connectivity index (χ4v) is 3.67. The van der Waals surface area contributed by atoms with Crippen molar-refractivity contribution in [2.24, 2.45) is 0 Å². The number of aliphatic hydroxyl groups excluding tert-OH is 3. The zero-order valence-electron chi connectivity index (χ0n) is 15.7. The fourth-order valence-electron chi connectivity index (χ4n) is 3.41. The molecular weight excluding hydrogens is 440 g/mol. The topological polar surface area (TPSA) is 119 Å². The van der Waals surface area contributed by atoms with Gasteiger partial charge >= 0.3 is 0 Å². The standard InChI is InChI=1S/C21H23BrN2O5/c1-11(12-6-8-14(22)9-7-12)23-20(28)18(26)19(27)21(29)24-17-15-5-3-2-4-13(15)10-16(17)25/h2-9,11,16-19,25-27H,10H2,1H3,(H,23,28)(H,24,29). The molecule has 1 aliphatic carbocycles. The number of hydrogen-bond acceptors (Lipinski definition) is 5. The van der Waals surface area contributed by atoms with Crippen LogP contribution in [0.25, 0.3) is 0 Å². The van der Waals surface area contributed by atoms with Crippen molar-refractivity contribution in [2.75, 3.05) is 0 Å². The summed E-state index contributed by atoms with van der Waals surface area (Å²) in [6.45, 7) is 1.73. The first-order valence-corrected chi connectivity index (χ1v) is 10.1. The number of fused-ring (bicyclic) bond motifs is 1. The second kappa shape index (κ2) is 9.04. The minimum absolute atomic E-state index is 0.380. The first-order valence-electron chi connectivity index (χ1n) is 9.26. The molecule has 5 atom stereocenters. The van der Waals surface area contributed by atoms with E-state index in [9.17, 15) is 24.9 Å². The quantitative estimate of drug-likeness (QED) is 0.440. The largest absolute Gasteiger partial charge is 0.390 e. The molecule has 0 saturated carbocycles. The number of rotatable bonds is 6. The van der Waals surface area contributed by atoms with Crippen LogP contribution in [0.4, 0.5) is 0 Å². The van der Waals surface area contributed by atoms with Crippen LogP contribution in [-0.4, -0.2) is 45.4 Å². The van der Waals surface area contributed by atoms with E-state index >= 15 is 0 Å². The van der Waals surface area contributed by atoms with E-state index in [0.29, 0.717) is 6.42 Å². The summed E-state index contributed by atoms with van der Waals surface area (Å²) < 4.78 is 0.891. The van der Waals surface area contributed by atoms with Crippen molar-refractivity contribution in [1.82, 2.24) is 10.6 Å². The lowest BCUT2D eigenvalue weighted by atomic mass is 10.1. The first-order chi connectivity index (χ1) is 13.8. The number of hydrogen-bond donors (Lipinski definition) is 5. The lowest BCUT2D eigenvalue weighted by Crippen LogP contribution is -2.51. The number of amides is 2. The third-order valence-corrected chi connectivity index (χ3v) is 5.60. The third-order valence-electron chi connectivity index (χ3n) is 5.07. The van der Waals surface area contributed by atoms with Crippen molar-refractivity contribution in [2.45, 2.75) is 43.7 Å². The van der Waals surface area contributed by atoms with Gasteiger partial charge in [-0.2, -0.15) is 0 Å². The molecule has 2 aromatic rings. The number of halogens is 1. The van der Waals surface area contributed by atoms with Gasteiger partial charge in [-0.3, -0.25) is 9.59 Å². The predicted octanol–water partition coefficient (Wildman–Crippen LogP) is 1.12. The highest BCUT2D eigenvalue weighted by Crippen LogP contribution is 2.31. The summed E-state index contributed by atoms with van der Waals surface area (Å²) in [7, 11) is 0. The fraction of sp³-hybridized carbons (Fsp3) is 0.333. The molecule has 8 heteroatoms. The molecule has 0 fully saturated rings. The van der Waals surface area contributed by atoms with Gasteiger partial charge in [-0.05, 0) is 35.7 Å². The van der Waals surface area contributed by atoms with E-state index in [4.69, 9.17) is 0 Å². The smallest absolute Gasteiger partial charge is 0.252 e. The number of nitrogens with one attached hydrogen (secondary N) is 2. The maximum absolute atomic E-state index is 12.4. The predicted molar refractivity (Wildman–Crippen MR) is 110 cm³/mol. The zero-order valence-corrected chi connectivity index (χ0v) is 17.3. The van der Waals surface area contributed by atoms with Crippen molar-refractivity contribution in [1.29, 1.82) is 0 Å². The van der Waals surface area contributed by atoms with Gasteiger partial charge in [0.15, 0.2) is 12.2 Å². The van der Waals surface area contributed by atoms with Gasteiger partial charge in [0.25, 0.3) is 11.8 Å². The van der Waals surface area contributed by atoms with E-state index in [2.05, 4.69) is 26.6 Å². The Morgan fingerprint density at radius 2 is 1.66 bits per heavy atom. The molecule has 0 spiro atoms. The van der Waals surface area contributed by atoms with Gasteiger partial charge in [-0.25, -0.2) is 0 Å². The summed E-state index contributed by atoms with van der Waals surface area (Å²) in [5.41, 5.74) is 2.46. The lowest BCUT2D eigenvalue weighted by molar-refractivity contribution is -0.147. The first kappa shape index (κ1) is 21.4. The Labute approximate surface area is 176 Å². The Hall–Kier alpha value is -2.26. The lowest BCUT2D eigenvalue weighted by Gasteiger charge is -2.23. The van der Waals surface area contributed by atoms with Gasteiger partial charge in [0, 0.05) is 10.9 Å². The van der Waals surface area contributed by atoms with E-state index in [1.165, 1.54) is 0 Å². The average molecular weight is 463 g/mol. The minimum atomic E-state index is -1.97. The van der Waals surface area contributed by atoms with E-state index in [1.807, 2.05) is 36.4 Å². The SMILES string of the molecule is CC(NC(=O)C(O)C(O)C(=O)NC1c2ccccc2CC1O)c1ccc(Br)cc1. The van der Waals surface area contributed by atoms with Crippen LogP contribution in [0.3, 0.4) is 0 Å². The van der Waals surface area contributed by atoms with Crippen molar-refractivity contribution in [3.63, 3.8) is 0 Å². The van der Waals surface area contributed by atoms with Gasteiger partial charge in [0.1, 0.15) is 0 Å². The van der Waals surface area contributed by atoms with E-state index in [1.54, 1.807) is 19.1 Å². The molecule has 3 rings (SSSR count). The van der Waals surface area contributed by atoms with Crippen LogP contribution in [0.15, 0.2) is 53.0 Å². The second-order valence-electron chi connectivity index (χ2n) is 7.13. The van der Waals surface area contributed by atoms with Crippen LogP contribution in [0.1, 0.15) is 35.7 Å². The second-order valence-corrected chi connectivity index (χ2v) is 8.04. The molecule has 2 amide bonds. The van der Waals surface area contributed by atoms with Crippen LogP contribution < -0.4 is 10.6 Å². The van der Waals surface area contributed by atoms with Crippen LogP contribution in [0, 0.1) is 0 Å². The maximum atomic E-state index is 12.4. The van der Waals surface area contributed by atoms with Crippen molar-refractivity contribution >= 4 is 27.7 Å². The number of benzene rings is 2. The summed E-state index contributed by atoms with van der Waals surface area (Å²) in [4.78, 5) is 24.7. The molecular formula is C21H23BrN2O5. The molecule has 7 nitrogen and oxygen atoms in total. The monoisotopic (exact) mass is 462 g/mol. The normalized spacial score (nSPS) is 21.0. The molecule has 0 bridgehead atoms. The molecule has 154 valence electrons. The van der Waals surface area contributed by atoms with Crippen LogP contribution >= 0.6 is 15.9 Å². The van der Waals surface area contributed by atoms with Crippen LogP contribution in [0.5, 0.6) is 0 Å². The summed E-state index contributed by atoms with van der Waals surface area (Å²) in [5, 5.41) is 35.6. The molecule has 1 aliphatic rings. The molecule has 5 unspecified atom stereocenters. The minimum Gasteiger partial charge on any atom is -0.390 e. The van der Waals surface area contributed by atoms with Gasteiger partial charge in [0.05, 0.1) is 18.2 Å². The van der Waals surface area contributed by atoms with E-state index in [0.717, 1.165) is 21.2 Å². The molecule has 0 heterocycles. The molecule has 29 heavy (non-hydrogen) atoms. The number of carbonyl (C=O) groups excluding carboxylic acids is 2. The van der Waals surface area contributed by atoms with Crippen LogP contribution in [0.2, 0.25) is 0 Å². The third kappa shape index (κ3) is 4.84. The van der Waals surface area contributed by atoms with Crippen molar-refractivity contribution in [3.8, 4) is 0 Å². The summed E-state index contributed by atoms with van der Waals surface area (Å²) in [6.07, 6.45) is -4.37. The molecule has 2 aromatic carbocycles. The Morgan fingerprint density at radius 1 is 1.03 bits per heavy atom. The summed E-state index contributed by atoms with van der Waals surface area (Å²) in [5.74, 6) is -1.79. The Bertz CT molecular complexity index is 889. The molecule has 0 aromatic heterocycles. The Morgan fingerprint density at radius 3 is 2.34 bits per heavy atom. The number of aliphatic hydroxyl groups is 3. The van der Waals surface area contributed by atoms with E-state index < -0.39 is 42.2 Å². The highest BCUT2D eigenvalue weighted by molar-refractivity contribution is 9.10. The van der Waals surface area contributed by atoms with Crippen molar-refractivity contribution in [3.05, 3.63) is 69.7 Å². The Kier molecular flexibility index (Phi) is 6.69. The highest BCUT2D eigenvalue weighted by atomic mass is 79.9. The van der Waals surface area contributed by atoms with Crippen LogP contribution in [-0.2, 0) is 16.0 Å². The zero-order chi connectivity index (χ0) is 21.1. The van der Waals surface area contributed by atoms with Gasteiger partial charge in [-0.15, -0.1) is 0 Å². The van der Waals surface area contributed by atoms with Crippen molar-refractivity contribution < 1.29 is 24.9 Å². The maximum Gasteiger partial charge on any atom is 0.252 e. The van der Waals surface area contributed by atoms with Gasteiger partial charge in [-0.1, -0.05) is 52.3 Å². The van der Waals surface area contributed by atoms with Gasteiger partial charge < -0.3 is 26.0 Å². The summed E-state index contributed by atoms with van der Waals surface area (Å²) >= 11 is 3.33. The van der Waals surface area contributed by atoms with Gasteiger partial charge in [0.2, 0.25) is 0 Å². The Balaban J connectivity index is 1.60. The van der Waals surface area contributed by atoms with E-state index in [-0.39, 0.29) is 0 Å². The molecule has 0 radical (unpaired) electrons. The number of carbonyl (C=O) groups is 2.